The summed E-state index contributed by atoms with van der Waals surface area (Å²) in [5.41, 5.74) is 1.94. The number of aryl methyl sites for hydroxylation is 1. The maximum Gasteiger partial charge on any atom is 0.261 e. The number of hydrogen-bond acceptors (Lipinski definition) is 3. The van der Waals surface area contributed by atoms with Crippen LogP contribution < -0.4 is 4.72 Å². The van der Waals surface area contributed by atoms with E-state index in [0.29, 0.717) is 11.3 Å². The van der Waals surface area contributed by atoms with Gasteiger partial charge in [0, 0.05) is 11.3 Å². The summed E-state index contributed by atoms with van der Waals surface area (Å²) in [6.45, 7) is 3.64. The van der Waals surface area contributed by atoms with Gasteiger partial charge >= 0.3 is 0 Å². The van der Waals surface area contributed by atoms with Crippen molar-refractivity contribution in [2.75, 3.05) is 4.72 Å². The van der Waals surface area contributed by atoms with Crippen LogP contribution in [0.15, 0.2) is 53.4 Å². The van der Waals surface area contributed by atoms with Crippen LogP contribution in [0.2, 0.25) is 0 Å². The first-order valence-electron chi connectivity index (χ1n) is 6.67. The highest BCUT2D eigenvalue weighted by atomic mass is 79.9. The lowest BCUT2D eigenvalue weighted by molar-refractivity contribution is 0.0996. The number of alkyl halides is 1. The summed E-state index contributed by atoms with van der Waals surface area (Å²) in [6.07, 6.45) is 0. The molecular weight excluding hydrogens is 366 g/mol. The molecule has 0 aromatic heterocycles. The Labute approximate surface area is 138 Å². The number of nitrogens with one attached hydrogen (secondary N) is 1. The normalized spacial score (nSPS) is 12.7. The van der Waals surface area contributed by atoms with Gasteiger partial charge in [-0.3, -0.25) is 9.52 Å². The molecule has 0 radical (unpaired) electrons. The minimum atomic E-state index is -3.62. The first kappa shape index (κ1) is 16.7. The van der Waals surface area contributed by atoms with Crippen LogP contribution in [0.4, 0.5) is 5.69 Å². The minimum absolute atomic E-state index is 0.0482. The lowest BCUT2D eigenvalue weighted by atomic mass is 10.1. The van der Waals surface area contributed by atoms with Crippen molar-refractivity contribution < 1.29 is 13.2 Å². The molecule has 4 nitrogen and oxygen atoms in total. The fourth-order valence-electron chi connectivity index (χ4n) is 1.86. The maximum atomic E-state index is 12.3. The number of halogens is 1. The standard InChI is InChI=1S/C16H16BrNO3S/c1-11-3-9-15(10-4-11)22(20,21)18-14-7-5-13(6-8-14)16(19)12(2)17/h3-10,12,18H,1-2H3. The van der Waals surface area contributed by atoms with Crippen LogP contribution in [0.25, 0.3) is 0 Å². The van der Waals surface area contributed by atoms with Gasteiger partial charge in [-0.25, -0.2) is 8.42 Å². The van der Waals surface area contributed by atoms with Gasteiger partial charge in [-0.15, -0.1) is 0 Å². The second-order valence-corrected chi connectivity index (χ2v) is 8.03. The molecule has 2 aromatic carbocycles. The maximum absolute atomic E-state index is 12.3. The number of sulfonamides is 1. The first-order valence-corrected chi connectivity index (χ1v) is 9.07. The molecule has 0 saturated heterocycles. The molecule has 0 aliphatic carbocycles. The molecular formula is C16H16BrNO3S. The Morgan fingerprint density at radius 2 is 1.59 bits per heavy atom. The van der Waals surface area contributed by atoms with E-state index in [1.165, 1.54) is 0 Å². The Kier molecular flexibility index (Phi) is 5.03. The minimum Gasteiger partial charge on any atom is -0.293 e. The largest absolute Gasteiger partial charge is 0.293 e. The molecule has 6 heteroatoms. The van der Waals surface area contributed by atoms with Gasteiger partial charge in [0.2, 0.25) is 0 Å². The summed E-state index contributed by atoms with van der Waals surface area (Å²) in [7, 11) is -3.62. The number of benzene rings is 2. The molecule has 0 aliphatic rings. The third-order valence-corrected chi connectivity index (χ3v) is 4.93. The van der Waals surface area contributed by atoms with E-state index in [1.54, 1.807) is 55.5 Å². The number of carbonyl (C=O) groups excluding carboxylic acids is 1. The average molecular weight is 382 g/mol. The van der Waals surface area contributed by atoms with Gasteiger partial charge in [0.05, 0.1) is 9.72 Å². The Bertz CT molecular complexity index is 766. The van der Waals surface area contributed by atoms with Gasteiger partial charge in [-0.05, 0) is 50.2 Å². The number of carbonyl (C=O) groups is 1. The zero-order valence-electron chi connectivity index (χ0n) is 12.2. The van der Waals surface area contributed by atoms with E-state index >= 15 is 0 Å². The lowest BCUT2D eigenvalue weighted by Crippen LogP contribution is -2.13. The smallest absolute Gasteiger partial charge is 0.261 e. The highest BCUT2D eigenvalue weighted by molar-refractivity contribution is 9.10. The summed E-state index contributed by atoms with van der Waals surface area (Å²) >= 11 is 3.22. The summed E-state index contributed by atoms with van der Waals surface area (Å²) in [4.78, 5) is 11.7. The number of ketones is 1. The van der Waals surface area contributed by atoms with E-state index in [9.17, 15) is 13.2 Å². The molecule has 116 valence electrons. The van der Waals surface area contributed by atoms with E-state index in [2.05, 4.69) is 20.7 Å². The predicted octanol–water partition coefficient (Wildman–Crippen LogP) is 3.76. The predicted molar refractivity (Wildman–Crippen MR) is 91.1 cm³/mol. The van der Waals surface area contributed by atoms with Gasteiger partial charge < -0.3 is 0 Å². The molecule has 22 heavy (non-hydrogen) atoms. The topological polar surface area (TPSA) is 63.2 Å². The van der Waals surface area contributed by atoms with Crippen molar-refractivity contribution in [3.8, 4) is 0 Å². The number of hydrogen-bond donors (Lipinski definition) is 1. The van der Waals surface area contributed by atoms with Gasteiger partial charge in [0.1, 0.15) is 0 Å². The van der Waals surface area contributed by atoms with E-state index in [1.807, 2.05) is 6.92 Å². The molecule has 0 amide bonds. The van der Waals surface area contributed by atoms with Gasteiger partial charge in [-0.1, -0.05) is 33.6 Å². The summed E-state index contributed by atoms with van der Waals surface area (Å²) in [5, 5.41) is 0. The zero-order chi connectivity index (χ0) is 16.3. The SMILES string of the molecule is Cc1ccc(S(=O)(=O)Nc2ccc(C(=O)C(C)Br)cc2)cc1. The van der Waals surface area contributed by atoms with E-state index in [4.69, 9.17) is 0 Å². The van der Waals surface area contributed by atoms with Crippen molar-refractivity contribution in [1.29, 1.82) is 0 Å². The molecule has 1 atom stereocenters. The van der Waals surface area contributed by atoms with E-state index < -0.39 is 10.0 Å². The Hall–Kier alpha value is -1.66. The van der Waals surface area contributed by atoms with Crippen molar-refractivity contribution in [2.24, 2.45) is 0 Å². The Morgan fingerprint density at radius 1 is 1.05 bits per heavy atom. The number of Topliss-reactive ketones (excluding diaryl/α,β-unsaturated/α-hetero) is 1. The van der Waals surface area contributed by atoms with Gasteiger partial charge in [-0.2, -0.15) is 0 Å². The van der Waals surface area contributed by atoms with Crippen molar-refractivity contribution >= 4 is 37.4 Å². The zero-order valence-corrected chi connectivity index (χ0v) is 14.6. The molecule has 0 spiro atoms. The molecule has 1 unspecified atom stereocenters. The third kappa shape index (κ3) is 3.96. The fourth-order valence-corrected chi connectivity index (χ4v) is 3.19. The second kappa shape index (κ2) is 6.62. The lowest BCUT2D eigenvalue weighted by Gasteiger charge is -2.09. The van der Waals surface area contributed by atoms with Crippen molar-refractivity contribution in [3.05, 3.63) is 59.7 Å². The Morgan fingerprint density at radius 3 is 2.09 bits per heavy atom. The molecule has 0 heterocycles. The van der Waals surface area contributed by atoms with Crippen LogP contribution in [0.5, 0.6) is 0 Å². The monoisotopic (exact) mass is 381 g/mol. The van der Waals surface area contributed by atoms with Crippen LogP contribution in [-0.4, -0.2) is 19.0 Å². The quantitative estimate of drug-likeness (QED) is 0.633. The molecule has 1 N–H and O–H groups in total. The number of rotatable bonds is 5. The molecule has 0 aliphatic heterocycles. The van der Waals surface area contributed by atoms with Crippen LogP contribution in [-0.2, 0) is 10.0 Å². The van der Waals surface area contributed by atoms with Crippen LogP contribution in [0.1, 0.15) is 22.8 Å². The molecule has 0 fully saturated rings. The van der Waals surface area contributed by atoms with Gasteiger partial charge in [0.15, 0.2) is 5.78 Å². The average Bonchev–Trinajstić information content (AvgIpc) is 2.47. The van der Waals surface area contributed by atoms with Crippen LogP contribution in [0.3, 0.4) is 0 Å². The molecule has 2 rings (SSSR count). The van der Waals surface area contributed by atoms with Crippen molar-refractivity contribution in [1.82, 2.24) is 0 Å². The van der Waals surface area contributed by atoms with Gasteiger partial charge in [0.25, 0.3) is 10.0 Å². The van der Waals surface area contributed by atoms with Crippen LogP contribution in [0, 0.1) is 6.92 Å². The number of anilines is 1. The summed E-state index contributed by atoms with van der Waals surface area (Å²) in [6, 6.07) is 13.0. The fraction of sp³-hybridized carbons (Fsp3) is 0.188. The van der Waals surface area contributed by atoms with Crippen molar-refractivity contribution in [2.45, 2.75) is 23.6 Å². The third-order valence-electron chi connectivity index (χ3n) is 3.11. The van der Waals surface area contributed by atoms with E-state index in [-0.39, 0.29) is 15.5 Å². The second-order valence-electron chi connectivity index (χ2n) is 4.98. The highest BCUT2D eigenvalue weighted by Crippen LogP contribution is 2.18. The van der Waals surface area contributed by atoms with Crippen molar-refractivity contribution in [3.63, 3.8) is 0 Å². The highest BCUT2D eigenvalue weighted by Gasteiger charge is 2.15. The molecule has 0 bridgehead atoms. The molecule has 2 aromatic rings. The Balaban J connectivity index is 2.20. The van der Waals surface area contributed by atoms with Crippen LogP contribution >= 0.6 is 15.9 Å². The summed E-state index contributed by atoms with van der Waals surface area (Å²) in [5.74, 6) is -0.0482. The summed E-state index contributed by atoms with van der Waals surface area (Å²) < 4.78 is 27.0. The molecule has 0 saturated carbocycles. The first-order chi connectivity index (χ1) is 10.3. The van der Waals surface area contributed by atoms with E-state index in [0.717, 1.165) is 5.56 Å².